The lowest BCUT2D eigenvalue weighted by molar-refractivity contribution is 0.655. The fourth-order valence-corrected chi connectivity index (χ4v) is 9.02. The van der Waals surface area contributed by atoms with Crippen LogP contribution in [-0.2, 0) is 10.8 Å². The molecule has 0 saturated heterocycles. The van der Waals surface area contributed by atoms with Crippen LogP contribution in [0.4, 0.5) is 0 Å². The van der Waals surface area contributed by atoms with Crippen molar-refractivity contribution in [3.63, 3.8) is 0 Å². The third-order valence-corrected chi connectivity index (χ3v) is 9.82. The average molecular weight is 408 g/mol. The molecule has 0 saturated carbocycles. The average Bonchev–Trinajstić information content (AvgIpc) is 3.30. The number of rotatable bonds is 0. The van der Waals surface area contributed by atoms with Crippen molar-refractivity contribution in [2.45, 2.75) is 52.4 Å². The lowest BCUT2D eigenvalue weighted by atomic mass is 9.79. The molecular weight excluding hydrogens is 386 g/mol. The molecule has 1 nitrogen and oxygen atoms in total. The summed E-state index contributed by atoms with van der Waals surface area (Å²) in [5, 5.41) is 1.17. The number of thiazole rings is 1. The summed E-state index contributed by atoms with van der Waals surface area (Å²) in [5.41, 5.74) is 9.03. The first-order valence-corrected chi connectivity index (χ1v) is 11.9. The van der Waals surface area contributed by atoms with E-state index in [-0.39, 0.29) is 10.8 Å². The van der Waals surface area contributed by atoms with Gasteiger partial charge >= 0.3 is 0 Å². The Hall–Kier alpha value is -1.49. The second-order valence-corrected chi connectivity index (χ2v) is 12.4. The van der Waals surface area contributed by atoms with Gasteiger partial charge in [0.1, 0.15) is 4.83 Å². The van der Waals surface area contributed by atoms with Crippen molar-refractivity contribution in [1.29, 1.82) is 0 Å². The summed E-state index contributed by atoms with van der Waals surface area (Å²) < 4.78 is 1.40. The maximum Gasteiger partial charge on any atom is 0.135 e. The summed E-state index contributed by atoms with van der Waals surface area (Å²) >= 11 is 5.70. The van der Waals surface area contributed by atoms with E-state index in [0.29, 0.717) is 0 Å². The summed E-state index contributed by atoms with van der Waals surface area (Å²) in [6.45, 7) is 13.9. The Morgan fingerprint density at radius 3 is 2.15 bits per heavy atom. The molecule has 0 N–H and O–H groups in total. The number of aromatic nitrogens is 1. The van der Waals surface area contributed by atoms with Crippen LogP contribution < -0.4 is 0 Å². The van der Waals surface area contributed by atoms with Crippen LogP contribution in [-0.4, -0.2) is 4.98 Å². The second kappa shape index (κ2) is 4.73. The summed E-state index contributed by atoms with van der Waals surface area (Å²) in [6, 6.07) is 7.42. The largest absolute Gasteiger partial charge is 0.231 e. The van der Waals surface area contributed by atoms with Crippen LogP contribution in [0.5, 0.6) is 0 Å². The molecule has 0 fully saturated rings. The smallest absolute Gasteiger partial charge is 0.135 e. The minimum Gasteiger partial charge on any atom is -0.231 e. The lowest BCUT2D eigenvalue weighted by Crippen LogP contribution is -2.17. The molecule has 3 aromatic heterocycles. The first-order chi connectivity index (χ1) is 12.7. The van der Waals surface area contributed by atoms with Gasteiger partial charge in [0.05, 0.1) is 9.71 Å². The highest BCUT2D eigenvalue weighted by Gasteiger charge is 2.44. The third-order valence-electron chi connectivity index (χ3n) is 6.50. The Balaban J connectivity index is 1.69. The molecule has 27 heavy (non-hydrogen) atoms. The Kier molecular flexibility index (Phi) is 2.88. The molecule has 0 radical (unpaired) electrons. The van der Waals surface area contributed by atoms with Crippen LogP contribution in [0.1, 0.15) is 59.8 Å². The summed E-state index contributed by atoms with van der Waals surface area (Å²) in [5.74, 6) is 0. The molecular formula is C23H21NS3. The van der Waals surface area contributed by atoms with Crippen LogP contribution in [0.3, 0.4) is 0 Å². The topological polar surface area (TPSA) is 12.9 Å². The van der Waals surface area contributed by atoms with Crippen molar-refractivity contribution in [1.82, 2.24) is 4.98 Å². The second-order valence-electron chi connectivity index (χ2n) is 8.97. The monoisotopic (exact) mass is 407 g/mol. The number of aryl methyl sites for hydroxylation is 2. The van der Waals surface area contributed by atoms with Gasteiger partial charge < -0.3 is 0 Å². The highest BCUT2D eigenvalue weighted by Crippen LogP contribution is 2.60. The van der Waals surface area contributed by atoms with E-state index in [0.717, 1.165) is 0 Å². The molecule has 6 rings (SSSR count). The van der Waals surface area contributed by atoms with E-state index < -0.39 is 0 Å². The van der Waals surface area contributed by atoms with Gasteiger partial charge in [-0.3, -0.25) is 0 Å². The highest BCUT2D eigenvalue weighted by molar-refractivity contribution is 7.29. The van der Waals surface area contributed by atoms with Crippen LogP contribution >= 0.6 is 34.0 Å². The maximum absolute atomic E-state index is 4.79. The Morgan fingerprint density at radius 1 is 0.741 bits per heavy atom. The van der Waals surface area contributed by atoms with Crippen molar-refractivity contribution < 1.29 is 0 Å². The first-order valence-electron chi connectivity index (χ1n) is 9.40. The fourth-order valence-electron chi connectivity index (χ4n) is 5.11. The molecule has 0 spiro atoms. The molecule has 4 heteroatoms. The Bertz CT molecular complexity index is 1290. The van der Waals surface area contributed by atoms with Gasteiger partial charge in [0.25, 0.3) is 0 Å². The van der Waals surface area contributed by atoms with Gasteiger partial charge in [-0.15, -0.1) is 34.0 Å². The minimum absolute atomic E-state index is 0.0378. The molecule has 2 aliphatic carbocycles. The van der Waals surface area contributed by atoms with Gasteiger partial charge in [-0.2, -0.15) is 0 Å². The number of benzene rings is 1. The zero-order valence-electron chi connectivity index (χ0n) is 16.4. The molecule has 0 amide bonds. The maximum atomic E-state index is 4.79. The first kappa shape index (κ1) is 16.5. The van der Waals surface area contributed by atoms with Crippen molar-refractivity contribution in [2.75, 3.05) is 0 Å². The highest BCUT2D eigenvalue weighted by atomic mass is 32.1. The summed E-state index contributed by atoms with van der Waals surface area (Å²) in [4.78, 5) is 10.4. The zero-order chi connectivity index (χ0) is 18.9. The van der Waals surface area contributed by atoms with Gasteiger partial charge in [-0.05, 0) is 59.9 Å². The molecule has 2 aliphatic rings. The lowest BCUT2D eigenvalue weighted by Gasteiger charge is -2.24. The van der Waals surface area contributed by atoms with Crippen LogP contribution in [0.2, 0.25) is 0 Å². The van der Waals surface area contributed by atoms with Gasteiger partial charge in [0.2, 0.25) is 0 Å². The van der Waals surface area contributed by atoms with Gasteiger partial charge in [0, 0.05) is 31.0 Å². The molecule has 3 heterocycles. The standard InChI is InChI=1S/C23H21NS3/c1-10-7-16-18(25-10)12-8-15-13(9-14(12)22(16,3)4)19-17(23(15,5)6)20-21(27-19)24-11(2)26-20/h7-9H,1-6H3. The number of hydrogen-bond donors (Lipinski definition) is 0. The predicted octanol–water partition coefficient (Wildman–Crippen LogP) is 7.65. The van der Waals surface area contributed by atoms with E-state index >= 15 is 0 Å². The van der Waals surface area contributed by atoms with Crippen molar-refractivity contribution in [3.8, 4) is 20.9 Å². The minimum atomic E-state index is 0.0378. The van der Waals surface area contributed by atoms with Crippen LogP contribution in [0.15, 0.2) is 18.2 Å². The van der Waals surface area contributed by atoms with E-state index in [1.807, 2.05) is 34.0 Å². The van der Waals surface area contributed by atoms with Gasteiger partial charge in [-0.1, -0.05) is 27.7 Å². The SMILES string of the molecule is Cc1cc2c(s1)-c1cc3c(cc1C2(C)C)-c1sc2nc(C)sc2c1C3(C)C. The van der Waals surface area contributed by atoms with Gasteiger partial charge in [-0.25, -0.2) is 4.98 Å². The number of thiophene rings is 2. The molecule has 0 unspecified atom stereocenters. The van der Waals surface area contributed by atoms with Crippen molar-refractivity contribution in [3.05, 3.63) is 50.3 Å². The quantitative estimate of drug-likeness (QED) is 0.292. The number of fused-ring (bicyclic) bond motifs is 8. The Morgan fingerprint density at radius 2 is 1.41 bits per heavy atom. The molecule has 0 bridgehead atoms. The molecule has 0 aliphatic heterocycles. The van der Waals surface area contributed by atoms with E-state index in [9.17, 15) is 0 Å². The molecule has 136 valence electrons. The van der Waals surface area contributed by atoms with E-state index in [4.69, 9.17) is 4.98 Å². The number of nitrogens with zero attached hydrogens (tertiary/aromatic N) is 1. The summed E-state index contributed by atoms with van der Waals surface area (Å²) in [6.07, 6.45) is 0. The van der Waals surface area contributed by atoms with Crippen molar-refractivity contribution >= 4 is 43.5 Å². The third kappa shape index (κ3) is 1.82. The molecule has 4 aromatic rings. The summed E-state index contributed by atoms with van der Waals surface area (Å²) in [7, 11) is 0. The van der Waals surface area contributed by atoms with Crippen LogP contribution in [0, 0.1) is 13.8 Å². The van der Waals surface area contributed by atoms with Crippen molar-refractivity contribution in [2.24, 2.45) is 0 Å². The molecule has 1 aromatic carbocycles. The predicted molar refractivity (Wildman–Crippen MR) is 120 cm³/mol. The van der Waals surface area contributed by atoms with Crippen LogP contribution in [0.25, 0.3) is 30.4 Å². The van der Waals surface area contributed by atoms with E-state index in [1.165, 1.54) is 62.6 Å². The molecule has 0 atom stereocenters. The normalized spacial score (nSPS) is 17.9. The fraction of sp³-hybridized carbons (Fsp3) is 0.348. The van der Waals surface area contributed by atoms with E-state index in [2.05, 4.69) is 59.7 Å². The zero-order valence-corrected chi connectivity index (χ0v) is 18.9. The van der Waals surface area contributed by atoms with Gasteiger partial charge in [0.15, 0.2) is 0 Å². The Labute approximate surface area is 171 Å². The van der Waals surface area contributed by atoms with E-state index in [1.54, 1.807) is 0 Å². The number of hydrogen-bond acceptors (Lipinski definition) is 4.